The molecule has 9 rings (SSSR count). The topological polar surface area (TPSA) is 42.3 Å². The average molecular weight is 535 g/mol. The maximum Gasteiger partial charge on any atom is 0.197 e. The summed E-state index contributed by atoms with van der Waals surface area (Å²) in [5.41, 5.74) is 9.34. The van der Waals surface area contributed by atoms with Crippen LogP contribution in [0, 0.1) is 0 Å². The van der Waals surface area contributed by atoms with Gasteiger partial charge in [0.2, 0.25) is 0 Å². The van der Waals surface area contributed by atoms with Gasteiger partial charge >= 0.3 is 0 Å². The number of fused-ring (bicyclic) bond motifs is 9. The van der Waals surface area contributed by atoms with Gasteiger partial charge in [-0.05, 0) is 41.5 Å². The molecule has 0 bridgehead atoms. The highest BCUT2D eigenvalue weighted by Gasteiger charge is 2.43. The Balaban J connectivity index is 1.33. The fourth-order valence-corrected chi connectivity index (χ4v) is 8.25. The number of nitrogens with zero attached hydrogens (tertiary/aromatic N) is 2. The van der Waals surface area contributed by atoms with Crippen molar-refractivity contribution in [2.24, 2.45) is 0 Å². The molecule has 40 heavy (non-hydrogen) atoms. The zero-order chi connectivity index (χ0) is 26.9. The molecule has 0 N–H and O–H groups in total. The highest BCUT2D eigenvalue weighted by atomic mass is 32.1. The number of hydrogen-bond donors (Lipinski definition) is 0. The van der Waals surface area contributed by atoms with E-state index in [4.69, 9.17) is 0 Å². The summed E-state index contributed by atoms with van der Waals surface area (Å²) < 4.78 is 2.42. The normalized spacial score (nSPS) is 15.9. The molecule has 0 amide bonds. The molecule has 4 aromatic carbocycles. The van der Waals surface area contributed by atoms with Gasteiger partial charge in [-0.25, -0.2) is 0 Å². The molecule has 0 saturated heterocycles. The highest BCUT2D eigenvalue weighted by molar-refractivity contribution is 7.17. The number of hydrogen-bond acceptors (Lipinski definition) is 4. The molecule has 2 aliphatic heterocycles. The molecule has 3 aliphatic rings. The zero-order valence-electron chi connectivity index (χ0n) is 21.9. The van der Waals surface area contributed by atoms with Gasteiger partial charge < -0.3 is 4.57 Å². The Bertz CT molecular complexity index is 2160. The third-order valence-electron chi connectivity index (χ3n) is 8.87. The summed E-state index contributed by atoms with van der Waals surface area (Å²) in [5.74, 6) is -0.381. The summed E-state index contributed by atoms with van der Waals surface area (Å²) in [4.78, 5) is 29.7. The van der Waals surface area contributed by atoms with Gasteiger partial charge in [-0.15, -0.1) is 11.3 Å². The van der Waals surface area contributed by atoms with Crippen LogP contribution in [0.5, 0.6) is 0 Å². The van der Waals surface area contributed by atoms with E-state index in [1.54, 1.807) is 29.5 Å². The number of ketones is 2. The van der Waals surface area contributed by atoms with Crippen molar-refractivity contribution in [1.82, 2.24) is 4.57 Å². The minimum absolute atomic E-state index is 0.191. The summed E-state index contributed by atoms with van der Waals surface area (Å²) in [5, 5.41) is 3.62. The second-order valence-electron chi connectivity index (χ2n) is 11.3. The molecule has 1 aliphatic carbocycles. The number of aromatic nitrogens is 1. The van der Waals surface area contributed by atoms with E-state index in [1.807, 2.05) is 12.1 Å². The standard InChI is InChI=1S/C35H22N2O2S/c1-35(2)25-16-15-21-20-9-5-6-12-27(20)36-28-13-7-8-14-29(28)37(31(25)30(21)36)34-26(35)18-19(40-34)17-24-32(38)22-10-3-4-11-23(22)33(24)39/h3-18H,1-2H3. The van der Waals surface area contributed by atoms with Gasteiger partial charge in [-0.3, -0.25) is 14.5 Å². The molecule has 190 valence electrons. The number of carbonyl (C=O) groups excluding carboxylic acids is 2. The van der Waals surface area contributed by atoms with E-state index in [0.29, 0.717) is 11.1 Å². The first-order chi connectivity index (χ1) is 19.4. The lowest BCUT2D eigenvalue weighted by Gasteiger charge is -2.43. The van der Waals surface area contributed by atoms with Crippen molar-refractivity contribution in [3.05, 3.63) is 124 Å². The van der Waals surface area contributed by atoms with E-state index < -0.39 is 0 Å². The maximum atomic E-state index is 13.2. The first-order valence-electron chi connectivity index (χ1n) is 13.5. The number of benzene rings is 4. The smallest absolute Gasteiger partial charge is 0.197 e. The first-order valence-corrected chi connectivity index (χ1v) is 14.3. The zero-order valence-corrected chi connectivity index (χ0v) is 22.7. The van der Waals surface area contributed by atoms with Crippen molar-refractivity contribution in [2.75, 3.05) is 4.90 Å². The predicted octanol–water partition coefficient (Wildman–Crippen LogP) is 8.73. The Hall–Kier alpha value is -4.74. The largest absolute Gasteiger partial charge is 0.305 e. The van der Waals surface area contributed by atoms with Crippen LogP contribution in [0.1, 0.15) is 50.6 Å². The van der Waals surface area contributed by atoms with Crippen LogP contribution in [-0.2, 0) is 5.41 Å². The Kier molecular flexibility index (Phi) is 4.01. The van der Waals surface area contributed by atoms with E-state index in [1.165, 1.54) is 38.6 Å². The van der Waals surface area contributed by atoms with E-state index in [9.17, 15) is 9.59 Å². The predicted molar refractivity (Wildman–Crippen MR) is 162 cm³/mol. The third-order valence-corrected chi connectivity index (χ3v) is 9.94. The van der Waals surface area contributed by atoms with Crippen LogP contribution in [0.2, 0.25) is 0 Å². The summed E-state index contributed by atoms with van der Waals surface area (Å²) in [6.07, 6.45) is 1.80. The highest BCUT2D eigenvalue weighted by Crippen LogP contribution is 2.60. The Morgan fingerprint density at radius 2 is 1.40 bits per heavy atom. The summed E-state index contributed by atoms with van der Waals surface area (Å²) in [6.45, 7) is 4.55. The molecule has 0 saturated carbocycles. The Morgan fingerprint density at radius 1 is 0.725 bits per heavy atom. The number of carbonyl (C=O) groups is 2. The van der Waals surface area contributed by atoms with Gasteiger partial charge in [0.05, 0.1) is 33.7 Å². The van der Waals surface area contributed by atoms with Gasteiger partial charge in [-0.2, -0.15) is 0 Å². The third kappa shape index (κ3) is 2.52. The van der Waals surface area contributed by atoms with Crippen LogP contribution in [0.3, 0.4) is 0 Å². The minimum atomic E-state index is -0.275. The van der Waals surface area contributed by atoms with Crippen LogP contribution in [-0.4, -0.2) is 16.1 Å². The molecule has 5 heteroatoms. The van der Waals surface area contributed by atoms with Crippen molar-refractivity contribution in [3.8, 4) is 5.69 Å². The molecule has 0 spiro atoms. The van der Waals surface area contributed by atoms with Crippen molar-refractivity contribution in [1.29, 1.82) is 0 Å². The van der Waals surface area contributed by atoms with E-state index in [-0.39, 0.29) is 22.6 Å². The van der Waals surface area contributed by atoms with Crippen LogP contribution in [0.4, 0.5) is 16.4 Å². The van der Waals surface area contributed by atoms with Crippen molar-refractivity contribution < 1.29 is 9.59 Å². The lowest BCUT2D eigenvalue weighted by molar-refractivity contribution is 0.0990. The minimum Gasteiger partial charge on any atom is -0.305 e. The Morgan fingerprint density at radius 3 is 2.17 bits per heavy atom. The van der Waals surface area contributed by atoms with Crippen LogP contribution >= 0.6 is 11.3 Å². The number of thiophene rings is 1. The quantitative estimate of drug-likeness (QED) is 0.156. The molecule has 0 fully saturated rings. The fraction of sp³-hybridized carbons (Fsp3) is 0.0857. The van der Waals surface area contributed by atoms with Crippen molar-refractivity contribution in [2.45, 2.75) is 19.3 Å². The summed E-state index contributed by atoms with van der Waals surface area (Å²) in [7, 11) is 0. The number of anilines is 3. The molecule has 0 radical (unpaired) electrons. The number of allylic oxidation sites excluding steroid dienone is 1. The monoisotopic (exact) mass is 534 g/mol. The van der Waals surface area contributed by atoms with Crippen LogP contribution in [0.15, 0.2) is 96.6 Å². The fourth-order valence-electron chi connectivity index (χ4n) is 6.97. The Labute approximate surface area is 234 Å². The summed E-state index contributed by atoms with van der Waals surface area (Å²) >= 11 is 1.65. The van der Waals surface area contributed by atoms with Gasteiger partial charge in [-0.1, -0.05) is 80.6 Å². The summed E-state index contributed by atoms with van der Waals surface area (Å²) in [6, 6.07) is 31.0. The molecule has 6 aromatic rings. The second kappa shape index (κ2) is 7.26. The van der Waals surface area contributed by atoms with Crippen molar-refractivity contribution in [3.63, 3.8) is 0 Å². The maximum absolute atomic E-state index is 13.2. The lowest BCUT2D eigenvalue weighted by atomic mass is 9.74. The first kappa shape index (κ1) is 22.1. The van der Waals surface area contributed by atoms with E-state index in [0.717, 1.165) is 21.3 Å². The van der Waals surface area contributed by atoms with E-state index >= 15 is 0 Å². The molecular weight excluding hydrogens is 512 g/mol. The van der Waals surface area contributed by atoms with E-state index in [2.05, 4.69) is 90.0 Å². The molecule has 2 aromatic heterocycles. The lowest BCUT2D eigenvalue weighted by Crippen LogP contribution is -2.31. The average Bonchev–Trinajstić information content (AvgIpc) is 3.62. The second-order valence-corrected chi connectivity index (χ2v) is 12.4. The van der Waals surface area contributed by atoms with Crippen LogP contribution in [0.25, 0.3) is 33.6 Å². The number of Topliss-reactive ketones (excluding diaryl/α,β-unsaturated/α-hetero) is 2. The number of rotatable bonds is 1. The molecular formula is C35H22N2O2S. The van der Waals surface area contributed by atoms with Crippen molar-refractivity contribution >= 4 is 67.2 Å². The molecule has 0 atom stereocenters. The molecule has 0 unspecified atom stereocenters. The van der Waals surface area contributed by atoms with Gasteiger partial charge in [0.15, 0.2) is 11.6 Å². The van der Waals surface area contributed by atoms with Crippen LogP contribution < -0.4 is 4.90 Å². The van der Waals surface area contributed by atoms with Gasteiger partial charge in [0.1, 0.15) is 5.00 Å². The SMILES string of the molecule is CC1(C)c2cc(C=C3C(=O)c4ccccc4C3=O)sc2N2c3ccccc3-n3c4ccccc4c4ccc1c2c43. The molecule has 4 heterocycles. The van der Waals surface area contributed by atoms with Gasteiger partial charge in [0, 0.05) is 32.2 Å². The van der Waals surface area contributed by atoms with Gasteiger partial charge in [0.25, 0.3) is 0 Å². The molecule has 4 nitrogen and oxygen atoms in total. The number of para-hydroxylation sites is 3.